The molecule has 0 heterocycles. The van der Waals surface area contributed by atoms with E-state index in [-0.39, 0.29) is 0 Å². The van der Waals surface area contributed by atoms with Crippen LogP contribution in [0.4, 0.5) is 0 Å². The maximum atomic E-state index is 10.1. The number of carbonyl (C=O) groups excluding carboxylic acids is 1. The van der Waals surface area contributed by atoms with E-state index in [9.17, 15) is 4.79 Å². The Bertz CT molecular complexity index is 231. The number of nitrogens with two attached hydrogens (primary N) is 1. The Kier molecular flexibility index (Phi) is 2.05. The standard InChI is InChI=1S/C7H8N2O/c8-9-7-3-1-6(5-10)2-4-7/h1,3-4,9H,2,8H2. The molecule has 0 aromatic heterocycles. The van der Waals surface area contributed by atoms with Gasteiger partial charge in [-0.2, -0.15) is 0 Å². The van der Waals surface area contributed by atoms with Crippen LogP contribution in [0.3, 0.4) is 0 Å². The van der Waals surface area contributed by atoms with E-state index in [0.717, 1.165) is 5.70 Å². The van der Waals surface area contributed by atoms with Crippen LogP contribution < -0.4 is 11.3 Å². The van der Waals surface area contributed by atoms with Crippen molar-refractivity contribution in [1.82, 2.24) is 5.43 Å². The number of hydrogen-bond donors (Lipinski definition) is 2. The van der Waals surface area contributed by atoms with Crippen molar-refractivity contribution in [1.29, 1.82) is 0 Å². The summed E-state index contributed by atoms with van der Waals surface area (Å²) in [7, 11) is 0. The van der Waals surface area contributed by atoms with Crippen LogP contribution in [0.15, 0.2) is 29.5 Å². The van der Waals surface area contributed by atoms with Gasteiger partial charge in [-0.05, 0) is 12.2 Å². The van der Waals surface area contributed by atoms with Crippen LogP contribution in [0.25, 0.3) is 0 Å². The summed E-state index contributed by atoms with van der Waals surface area (Å²) in [4.78, 5) is 10.1. The highest BCUT2D eigenvalue weighted by Crippen LogP contribution is 2.09. The molecular weight excluding hydrogens is 128 g/mol. The fourth-order valence-corrected chi connectivity index (χ4v) is 0.729. The first-order chi connectivity index (χ1) is 4.86. The van der Waals surface area contributed by atoms with Gasteiger partial charge in [0, 0.05) is 17.7 Å². The zero-order valence-corrected chi connectivity index (χ0v) is 5.42. The molecule has 0 aliphatic heterocycles. The van der Waals surface area contributed by atoms with Gasteiger partial charge in [0.25, 0.3) is 0 Å². The SMILES string of the molecule is NNC1=CCC(=C=O)C=C1. The van der Waals surface area contributed by atoms with Crippen molar-refractivity contribution in [3.63, 3.8) is 0 Å². The van der Waals surface area contributed by atoms with Crippen molar-refractivity contribution in [3.05, 3.63) is 29.5 Å². The lowest BCUT2D eigenvalue weighted by Gasteiger charge is -2.04. The van der Waals surface area contributed by atoms with Gasteiger partial charge in [-0.15, -0.1) is 0 Å². The quantitative estimate of drug-likeness (QED) is 0.304. The van der Waals surface area contributed by atoms with Gasteiger partial charge in [-0.25, -0.2) is 4.79 Å². The second-order valence-electron chi connectivity index (χ2n) is 1.97. The molecule has 10 heavy (non-hydrogen) atoms. The van der Waals surface area contributed by atoms with Crippen molar-refractivity contribution < 1.29 is 4.79 Å². The lowest BCUT2D eigenvalue weighted by atomic mass is 10.1. The lowest BCUT2D eigenvalue weighted by molar-refractivity contribution is 0.567. The third-order valence-corrected chi connectivity index (χ3v) is 1.30. The molecule has 0 aromatic rings. The molecule has 0 spiro atoms. The molecule has 0 fully saturated rings. The van der Waals surface area contributed by atoms with E-state index in [1.165, 1.54) is 0 Å². The molecule has 0 saturated carbocycles. The molecular formula is C7H8N2O. The molecule has 0 unspecified atom stereocenters. The van der Waals surface area contributed by atoms with Crippen LogP contribution in [0.5, 0.6) is 0 Å². The van der Waals surface area contributed by atoms with Gasteiger partial charge in [-0.3, -0.25) is 5.84 Å². The predicted octanol–water partition coefficient (Wildman–Crippen LogP) is 0.0515. The van der Waals surface area contributed by atoms with E-state index >= 15 is 0 Å². The first kappa shape index (κ1) is 6.81. The third-order valence-electron chi connectivity index (χ3n) is 1.30. The number of allylic oxidation sites excluding steroid dienone is 4. The fourth-order valence-electron chi connectivity index (χ4n) is 0.729. The van der Waals surface area contributed by atoms with Gasteiger partial charge in [0.2, 0.25) is 0 Å². The first-order valence-electron chi connectivity index (χ1n) is 2.95. The number of hydrazine groups is 1. The van der Waals surface area contributed by atoms with Crippen molar-refractivity contribution in [2.75, 3.05) is 0 Å². The second-order valence-corrected chi connectivity index (χ2v) is 1.97. The van der Waals surface area contributed by atoms with Crippen LogP contribution in [0.1, 0.15) is 6.42 Å². The summed E-state index contributed by atoms with van der Waals surface area (Å²) in [5, 5.41) is 0. The first-order valence-corrected chi connectivity index (χ1v) is 2.95. The van der Waals surface area contributed by atoms with Gasteiger partial charge in [0.1, 0.15) is 5.94 Å². The topological polar surface area (TPSA) is 55.1 Å². The van der Waals surface area contributed by atoms with Crippen molar-refractivity contribution in [2.45, 2.75) is 6.42 Å². The minimum atomic E-state index is 0.611. The minimum absolute atomic E-state index is 0.611. The Labute approximate surface area is 58.9 Å². The summed E-state index contributed by atoms with van der Waals surface area (Å²) in [5.41, 5.74) is 3.96. The average molecular weight is 136 g/mol. The Balaban J connectivity index is 2.72. The third kappa shape index (κ3) is 1.35. The molecule has 3 N–H and O–H groups in total. The highest BCUT2D eigenvalue weighted by Gasteiger charge is 1.98. The second kappa shape index (κ2) is 3.01. The van der Waals surface area contributed by atoms with Crippen LogP contribution in [0, 0.1) is 0 Å². The molecule has 0 radical (unpaired) electrons. The lowest BCUT2D eigenvalue weighted by Crippen LogP contribution is -2.20. The summed E-state index contributed by atoms with van der Waals surface area (Å²) in [6.45, 7) is 0. The molecule has 1 rings (SSSR count). The summed E-state index contributed by atoms with van der Waals surface area (Å²) in [6.07, 6.45) is 5.88. The number of hydrogen-bond acceptors (Lipinski definition) is 3. The zero-order valence-electron chi connectivity index (χ0n) is 5.42. The Hall–Kier alpha value is -1.31. The predicted molar refractivity (Wildman–Crippen MR) is 38.4 cm³/mol. The summed E-state index contributed by atoms with van der Waals surface area (Å²) in [5.74, 6) is 6.93. The van der Waals surface area contributed by atoms with Gasteiger partial charge in [-0.1, -0.05) is 6.08 Å². The van der Waals surface area contributed by atoms with Crippen LogP contribution in [-0.4, -0.2) is 5.94 Å². The average Bonchev–Trinajstić information content (AvgIpc) is 2.05. The molecule has 3 heteroatoms. The maximum Gasteiger partial charge on any atom is 0.128 e. The van der Waals surface area contributed by atoms with Gasteiger partial charge < -0.3 is 5.43 Å². The Morgan fingerprint density at radius 3 is 2.80 bits per heavy atom. The monoisotopic (exact) mass is 136 g/mol. The molecule has 1 aliphatic carbocycles. The van der Waals surface area contributed by atoms with Crippen LogP contribution in [0.2, 0.25) is 0 Å². The Morgan fingerprint density at radius 1 is 1.60 bits per heavy atom. The highest BCUT2D eigenvalue weighted by molar-refractivity contribution is 5.59. The molecule has 52 valence electrons. The van der Waals surface area contributed by atoms with Gasteiger partial charge >= 0.3 is 0 Å². The van der Waals surface area contributed by atoms with Crippen LogP contribution >= 0.6 is 0 Å². The van der Waals surface area contributed by atoms with Crippen molar-refractivity contribution in [2.24, 2.45) is 5.84 Å². The molecule has 0 saturated heterocycles. The van der Waals surface area contributed by atoms with Crippen LogP contribution in [-0.2, 0) is 4.79 Å². The summed E-state index contributed by atoms with van der Waals surface area (Å²) >= 11 is 0. The van der Waals surface area contributed by atoms with E-state index < -0.39 is 0 Å². The summed E-state index contributed by atoms with van der Waals surface area (Å²) < 4.78 is 0. The normalized spacial score (nSPS) is 16.1. The van der Waals surface area contributed by atoms with E-state index in [2.05, 4.69) is 5.43 Å². The molecule has 1 aliphatic rings. The van der Waals surface area contributed by atoms with Gasteiger partial charge in [0.05, 0.1) is 0 Å². The number of nitrogens with one attached hydrogen (secondary N) is 1. The molecule has 3 nitrogen and oxygen atoms in total. The number of rotatable bonds is 1. The maximum absolute atomic E-state index is 10.1. The van der Waals surface area contributed by atoms with E-state index in [1.807, 2.05) is 12.0 Å². The zero-order chi connectivity index (χ0) is 7.40. The van der Waals surface area contributed by atoms with E-state index in [0.29, 0.717) is 12.0 Å². The summed E-state index contributed by atoms with van der Waals surface area (Å²) in [6, 6.07) is 0. The molecule has 0 atom stereocenters. The minimum Gasteiger partial charge on any atom is -0.324 e. The smallest absolute Gasteiger partial charge is 0.128 e. The largest absolute Gasteiger partial charge is 0.324 e. The van der Waals surface area contributed by atoms with Crippen molar-refractivity contribution >= 4 is 5.94 Å². The van der Waals surface area contributed by atoms with E-state index in [4.69, 9.17) is 5.84 Å². The van der Waals surface area contributed by atoms with Crippen molar-refractivity contribution in [3.8, 4) is 0 Å². The molecule has 0 bridgehead atoms. The highest BCUT2D eigenvalue weighted by atomic mass is 16.1. The van der Waals surface area contributed by atoms with Gasteiger partial charge in [0.15, 0.2) is 0 Å². The fraction of sp³-hybridized carbons (Fsp3) is 0.143. The van der Waals surface area contributed by atoms with E-state index in [1.54, 1.807) is 12.2 Å². The molecule has 0 amide bonds. The molecule has 0 aromatic carbocycles. The Morgan fingerprint density at radius 2 is 2.40 bits per heavy atom.